The minimum Gasteiger partial charge on any atom is -0.383 e. The molecule has 3 rings (SSSR count). The summed E-state index contributed by atoms with van der Waals surface area (Å²) in [7, 11) is 0. The number of nitrogens with zero attached hydrogens (tertiary/aromatic N) is 1. The average molecular weight is 230 g/mol. The van der Waals surface area contributed by atoms with E-state index < -0.39 is 0 Å². The van der Waals surface area contributed by atoms with Crippen LogP contribution in [0.1, 0.15) is 19.8 Å². The fourth-order valence-electron chi connectivity index (χ4n) is 2.34. The highest BCUT2D eigenvalue weighted by Crippen LogP contribution is 2.35. The number of amides is 1. The third kappa shape index (κ3) is 2.02. The van der Waals surface area contributed by atoms with E-state index in [2.05, 4.69) is 11.4 Å². The van der Waals surface area contributed by atoms with Crippen molar-refractivity contribution in [2.75, 3.05) is 23.3 Å². The number of carbonyl (C=O) groups excluding carboxylic acids is 1. The molecule has 0 radical (unpaired) electrons. The lowest BCUT2D eigenvalue weighted by Gasteiger charge is -2.23. The lowest BCUT2D eigenvalue weighted by molar-refractivity contribution is -0.121. The van der Waals surface area contributed by atoms with Crippen LogP contribution < -0.4 is 10.2 Å². The monoisotopic (exact) mass is 230 g/mol. The number of hydrogen-bond acceptors (Lipinski definition) is 2. The number of anilines is 2. The van der Waals surface area contributed by atoms with Gasteiger partial charge in [-0.15, -0.1) is 0 Å². The first-order chi connectivity index (χ1) is 8.25. The summed E-state index contributed by atoms with van der Waals surface area (Å²) in [6.45, 7) is 3.62. The number of carbonyl (C=O) groups is 1. The fraction of sp³-hybridized carbons (Fsp3) is 0.500. The SMILES string of the molecule is C[C@H]1CNc2ccccc2N(CC2CC2)C1=O. The Hall–Kier alpha value is -1.51. The van der Waals surface area contributed by atoms with Gasteiger partial charge in [0, 0.05) is 13.1 Å². The van der Waals surface area contributed by atoms with Crippen molar-refractivity contribution < 1.29 is 4.79 Å². The second kappa shape index (κ2) is 4.06. The van der Waals surface area contributed by atoms with Crippen molar-refractivity contribution in [3.05, 3.63) is 24.3 Å². The molecule has 2 aliphatic rings. The molecule has 0 spiro atoms. The van der Waals surface area contributed by atoms with Crippen molar-refractivity contribution in [2.45, 2.75) is 19.8 Å². The molecule has 1 fully saturated rings. The number of fused-ring (bicyclic) bond motifs is 1. The second-order valence-corrected chi connectivity index (χ2v) is 5.19. The Labute approximate surface area is 102 Å². The topological polar surface area (TPSA) is 32.3 Å². The molecule has 1 aromatic rings. The van der Waals surface area contributed by atoms with Gasteiger partial charge >= 0.3 is 0 Å². The van der Waals surface area contributed by atoms with E-state index in [0.29, 0.717) is 0 Å². The molecule has 1 heterocycles. The molecule has 0 aromatic heterocycles. The van der Waals surface area contributed by atoms with Gasteiger partial charge in [-0.3, -0.25) is 4.79 Å². The van der Waals surface area contributed by atoms with Gasteiger partial charge in [-0.2, -0.15) is 0 Å². The maximum atomic E-state index is 12.4. The van der Waals surface area contributed by atoms with Gasteiger partial charge in [-0.05, 0) is 30.9 Å². The number of hydrogen-bond donors (Lipinski definition) is 1. The highest BCUT2D eigenvalue weighted by atomic mass is 16.2. The van der Waals surface area contributed by atoms with E-state index in [1.54, 1.807) is 0 Å². The predicted molar refractivity (Wildman–Crippen MR) is 69.2 cm³/mol. The van der Waals surface area contributed by atoms with Gasteiger partial charge < -0.3 is 10.2 Å². The van der Waals surface area contributed by atoms with Crippen molar-refractivity contribution in [2.24, 2.45) is 11.8 Å². The zero-order valence-electron chi connectivity index (χ0n) is 10.1. The smallest absolute Gasteiger partial charge is 0.231 e. The lowest BCUT2D eigenvalue weighted by atomic mass is 10.1. The first-order valence-corrected chi connectivity index (χ1v) is 6.40. The largest absolute Gasteiger partial charge is 0.383 e. The van der Waals surface area contributed by atoms with Crippen LogP contribution in [-0.4, -0.2) is 19.0 Å². The standard InChI is InChI=1S/C14H18N2O/c1-10-8-15-12-4-2-3-5-13(12)16(14(10)17)9-11-6-7-11/h2-5,10-11,15H,6-9H2,1H3/t10-/m0/s1. The zero-order valence-corrected chi connectivity index (χ0v) is 10.1. The minimum atomic E-state index is 0.0566. The van der Waals surface area contributed by atoms with E-state index in [0.717, 1.165) is 30.4 Å². The van der Waals surface area contributed by atoms with Gasteiger partial charge in [0.05, 0.1) is 17.3 Å². The van der Waals surface area contributed by atoms with Gasteiger partial charge in [0.25, 0.3) is 0 Å². The van der Waals surface area contributed by atoms with E-state index in [4.69, 9.17) is 0 Å². The number of benzene rings is 1. The quantitative estimate of drug-likeness (QED) is 0.846. The summed E-state index contributed by atoms with van der Waals surface area (Å²) in [6, 6.07) is 8.12. The van der Waals surface area contributed by atoms with E-state index in [-0.39, 0.29) is 11.8 Å². The van der Waals surface area contributed by atoms with Crippen molar-refractivity contribution >= 4 is 17.3 Å². The summed E-state index contributed by atoms with van der Waals surface area (Å²) < 4.78 is 0. The van der Waals surface area contributed by atoms with Crippen LogP contribution in [0.3, 0.4) is 0 Å². The van der Waals surface area contributed by atoms with Crippen molar-refractivity contribution in [1.29, 1.82) is 0 Å². The van der Waals surface area contributed by atoms with Gasteiger partial charge in [-0.25, -0.2) is 0 Å². The van der Waals surface area contributed by atoms with Crippen molar-refractivity contribution in [1.82, 2.24) is 0 Å². The first kappa shape index (κ1) is 10.6. The van der Waals surface area contributed by atoms with Crippen LogP contribution in [0.5, 0.6) is 0 Å². The van der Waals surface area contributed by atoms with Crippen LogP contribution in [0.15, 0.2) is 24.3 Å². The Bertz CT molecular complexity index is 440. The normalized spacial score (nSPS) is 23.9. The van der Waals surface area contributed by atoms with Gasteiger partial charge in [-0.1, -0.05) is 19.1 Å². The minimum absolute atomic E-state index is 0.0566. The zero-order chi connectivity index (χ0) is 11.8. The van der Waals surface area contributed by atoms with Crippen LogP contribution in [0.25, 0.3) is 0 Å². The van der Waals surface area contributed by atoms with E-state index in [9.17, 15) is 4.79 Å². The highest BCUT2D eigenvalue weighted by molar-refractivity contribution is 5.99. The summed E-state index contributed by atoms with van der Waals surface area (Å²) in [5.74, 6) is 1.04. The number of para-hydroxylation sites is 2. The molecular formula is C14H18N2O. The van der Waals surface area contributed by atoms with Crippen LogP contribution in [0.2, 0.25) is 0 Å². The molecule has 17 heavy (non-hydrogen) atoms. The summed E-state index contributed by atoms with van der Waals surface area (Å²) in [6.07, 6.45) is 2.54. The van der Waals surface area contributed by atoms with E-state index in [1.165, 1.54) is 12.8 Å². The molecule has 0 bridgehead atoms. The Kier molecular flexibility index (Phi) is 2.54. The molecule has 0 saturated heterocycles. The molecule has 3 heteroatoms. The molecule has 1 saturated carbocycles. The molecule has 90 valence electrons. The molecule has 1 amide bonds. The van der Waals surface area contributed by atoms with Gasteiger partial charge in [0.1, 0.15) is 0 Å². The summed E-state index contributed by atoms with van der Waals surface area (Å²) in [5, 5.41) is 3.37. The highest BCUT2D eigenvalue weighted by Gasteiger charge is 2.32. The summed E-state index contributed by atoms with van der Waals surface area (Å²) >= 11 is 0. The fourth-order valence-corrected chi connectivity index (χ4v) is 2.34. The number of rotatable bonds is 2. The lowest BCUT2D eigenvalue weighted by Crippen LogP contribution is -2.36. The summed E-state index contributed by atoms with van der Waals surface area (Å²) in [5.41, 5.74) is 2.14. The van der Waals surface area contributed by atoms with Crippen LogP contribution in [0, 0.1) is 11.8 Å². The molecule has 1 N–H and O–H groups in total. The Morgan fingerprint density at radius 3 is 2.88 bits per heavy atom. The Balaban J connectivity index is 1.97. The maximum absolute atomic E-state index is 12.4. The third-order valence-electron chi connectivity index (χ3n) is 3.62. The third-order valence-corrected chi connectivity index (χ3v) is 3.62. The predicted octanol–water partition coefficient (Wildman–Crippen LogP) is 2.49. The Morgan fingerprint density at radius 2 is 2.12 bits per heavy atom. The Morgan fingerprint density at radius 1 is 1.35 bits per heavy atom. The second-order valence-electron chi connectivity index (χ2n) is 5.19. The van der Waals surface area contributed by atoms with E-state index >= 15 is 0 Å². The van der Waals surface area contributed by atoms with Crippen LogP contribution in [-0.2, 0) is 4.79 Å². The first-order valence-electron chi connectivity index (χ1n) is 6.40. The van der Waals surface area contributed by atoms with Crippen molar-refractivity contribution in [3.63, 3.8) is 0 Å². The molecule has 1 atom stereocenters. The molecule has 0 unspecified atom stereocenters. The molecular weight excluding hydrogens is 212 g/mol. The van der Waals surface area contributed by atoms with E-state index in [1.807, 2.05) is 30.0 Å². The molecule has 3 nitrogen and oxygen atoms in total. The maximum Gasteiger partial charge on any atom is 0.231 e. The summed E-state index contributed by atoms with van der Waals surface area (Å²) in [4.78, 5) is 14.3. The average Bonchev–Trinajstić information content (AvgIpc) is 3.16. The van der Waals surface area contributed by atoms with Crippen LogP contribution in [0.4, 0.5) is 11.4 Å². The molecule has 1 aromatic carbocycles. The molecule has 1 aliphatic heterocycles. The van der Waals surface area contributed by atoms with Gasteiger partial charge in [0.2, 0.25) is 5.91 Å². The van der Waals surface area contributed by atoms with Gasteiger partial charge in [0.15, 0.2) is 0 Å². The molecule has 1 aliphatic carbocycles. The number of nitrogens with one attached hydrogen (secondary N) is 1. The van der Waals surface area contributed by atoms with Crippen LogP contribution >= 0.6 is 0 Å². The van der Waals surface area contributed by atoms with Crippen molar-refractivity contribution in [3.8, 4) is 0 Å².